The number of hydrogen-bond donors (Lipinski definition) is 7. The maximum absolute atomic E-state index is 12.2. The fourth-order valence-electron chi connectivity index (χ4n) is 3.97. The normalized spacial score (nSPS) is 14.6. The molecule has 0 spiro atoms. The number of rotatable bonds is 20. The van der Waals surface area contributed by atoms with Gasteiger partial charge in [-0.3, -0.25) is 14.4 Å². The zero-order valence-electron chi connectivity index (χ0n) is 29.5. The first kappa shape index (κ1) is 42.8. The summed E-state index contributed by atoms with van der Waals surface area (Å²) in [6.07, 6.45) is 4.79. The number of benzene rings is 1. The van der Waals surface area contributed by atoms with Crippen LogP contribution in [0.5, 0.6) is 0 Å². The molecule has 7 N–H and O–H groups in total. The van der Waals surface area contributed by atoms with E-state index in [0.717, 1.165) is 17.2 Å². The molecule has 1 fully saturated rings. The third-order valence-corrected chi connectivity index (χ3v) is 7.60. The molecule has 2 amide bonds. The second-order valence-electron chi connectivity index (χ2n) is 12.6. The van der Waals surface area contributed by atoms with Crippen molar-refractivity contribution >= 4 is 17.6 Å². The zero-order valence-corrected chi connectivity index (χ0v) is 29.5. The summed E-state index contributed by atoms with van der Waals surface area (Å²) < 4.78 is 0. The van der Waals surface area contributed by atoms with E-state index in [1.807, 2.05) is 51.2 Å². The average molecular weight is 646 g/mol. The lowest BCUT2D eigenvalue weighted by Crippen LogP contribution is -2.46. The zero-order chi connectivity index (χ0) is 35.1. The second-order valence-corrected chi connectivity index (χ2v) is 12.6. The summed E-state index contributed by atoms with van der Waals surface area (Å²) in [5.41, 5.74) is 1.91. The molecule has 0 saturated heterocycles. The largest absolute Gasteiger partial charge is 0.513 e. The molecule has 1 aliphatic carbocycles. The Morgan fingerprint density at radius 1 is 0.978 bits per heavy atom. The number of allylic oxidation sites excluding steroid dienone is 2. The highest BCUT2D eigenvalue weighted by molar-refractivity contribution is 5.87. The maximum atomic E-state index is 12.2. The molecule has 10 heteroatoms. The minimum Gasteiger partial charge on any atom is -0.513 e. The molecular formula is C36H63N5O5. The van der Waals surface area contributed by atoms with Crippen molar-refractivity contribution in [2.24, 2.45) is 11.8 Å². The molecule has 2 rings (SSSR count). The van der Waals surface area contributed by atoms with Gasteiger partial charge < -0.3 is 36.8 Å². The van der Waals surface area contributed by atoms with E-state index in [0.29, 0.717) is 45.2 Å². The molecule has 3 unspecified atom stereocenters. The number of carbonyl (C=O) groups excluding carboxylic acids is 3. The Bertz CT molecular complexity index is 1030. The van der Waals surface area contributed by atoms with Gasteiger partial charge >= 0.3 is 0 Å². The first-order valence-electron chi connectivity index (χ1n) is 16.6. The molecular weight excluding hydrogens is 582 g/mol. The van der Waals surface area contributed by atoms with Gasteiger partial charge in [0.1, 0.15) is 0 Å². The molecule has 10 nitrogen and oxygen atoms in total. The Labute approximate surface area is 278 Å². The summed E-state index contributed by atoms with van der Waals surface area (Å²) in [7, 11) is 3.68. The van der Waals surface area contributed by atoms with Gasteiger partial charge in [-0.2, -0.15) is 0 Å². The van der Waals surface area contributed by atoms with E-state index >= 15 is 0 Å². The molecule has 0 bridgehead atoms. The smallest absolute Gasteiger partial charge is 0.222 e. The molecule has 1 saturated carbocycles. The maximum Gasteiger partial charge on any atom is 0.222 e. The second kappa shape index (κ2) is 25.0. The third-order valence-electron chi connectivity index (χ3n) is 7.60. The number of hydrogen-bond acceptors (Lipinski definition) is 8. The van der Waals surface area contributed by atoms with Gasteiger partial charge in [0, 0.05) is 31.1 Å². The van der Waals surface area contributed by atoms with Crippen LogP contribution < -0.4 is 26.6 Å². The SMILES string of the molecule is C=C(N[C@@H](CC(C)NC)C(O)CC(=O)NCc1ccccc1)C(C)C.C=C(O)CCCC(=O)NC(CCNC)C(C)=O.CC1CC1. The minimum absolute atomic E-state index is 0.0415. The van der Waals surface area contributed by atoms with E-state index in [2.05, 4.69) is 53.6 Å². The highest BCUT2D eigenvalue weighted by Crippen LogP contribution is 2.26. The first-order chi connectivity index (χ1) is 21.7. The Morgan fingerprint density at radius 2 is 1.59 bits per heavy atom. The van der Waals surface area contributed by atoms with Crippen LogP contribution in [0.15, 0.2) is 54.9 Å². The Kier molecular flexibility index (Phi) is 23.2. The Balaban J connectivity index is 0.000000827. The number of Topliss-reactive ketones (excluding diaryl/α,β-unsaturated/α-hetero) is 1. The first-order valence-corrected chi connectivity index (χ1v) is 16.6. The third kappa shape index (κ3) is 23.2. The van der Waals surface area contributed by atoms with Crippen molar-refractivity contribution in [1.29, 1.82) is 0 Å². The van der Waals surface area contributed by atoms with Gasteiger partial charge in [0.05, 0.1) is 30.4 Å². The van der Waals surface area contributed by atoms with Crippen LogP contribution in [0.4, 0.5) is 0 Å². The number of ketones is 1. The summed E-state index contributed by atoms with van der Waals surface area (Å²) >= 11 is 0. The Hall–Kier alpha value is -3.21. The predicted octanol–water partition coefficient (Wildman–Crippen LogP) is 4.51. The summed E-state index contributed by atoms with van der Waals surface area (Å²) in [4.78, 5) is 34.9. The molecule has 0 aliphatic heterocycles. The van der Waals surface area contributed by atoms with Crippen LogP contribution in [-0.4, -0.2) is 72.7 Å². The summed E-state index contributed by atoms with van der Waals surface area (Å²) in [6, 6.07) is 9.31. The standard InChI is InChI=1S/C20H33N3O2.C12H22N2O3.C4H8/c1-14(2)16(4)23-18(11-15(3)21-5)19(24)12-20(25)22-13-17-9-7-6-8-10-17;1-9(15)5-4-6-12(17)14-11(10(2)16)7-8-13-3;1-4-2-3-4/h6-10,14-15,18-19,21,23-24H,4,11-13H2,1-3,5H3,(H,22,25);11,13,15H,1,4-8H2,2-3H3,(H,14,17);4H,2-3H2,1H3/t15?,18-,19?;;/m0../s1. The van der Waals surface area contributed by atoms with E-state index in [1.54, 1.807) is 7.05 Å². The van der Waals surface area contributed by atoms with Crippen LogP contribution in [0.2, 0.25) is 0 Å². The molecule has 0 heterocycles. The van der Waals surface area contributed by atoms with Crippen molar-refractivity contribution < 1.29 is 24.6 Å². The van der Waals surface area contributed by atoms with Crippen molar-refractivity contribution in [2.45, 2.75) is 117 Å². The monoisotopic (exact) mass is 645 g/mol. The quantitative estimate of drug-likeness (QED) is 0.102. The van der Waals surface area contributed by atoms with Crippen LogP contribution in [0.25, 0.3) is 0 Å². The fraction of sp³-hybridized carbons (Fsp3) is 0.639. The number of carbonyl (C=O) groups is 3. The number of amides is 2. The summed E-state index contributed by atoms with van der Waals surface area (Å²) in [5.74, 6) is 1.07. The molecule has 1 aromatic rings. The average Bonchev–Trinajstić information content (AvgIpc) is 3.80. The Morgan fingerprint density at radius 3 is 2.07 bits per heavy atom. The molecule has 1 aromatic carbocycles. The van der Waals surface area contributed by atoms with Crippen LogP contribution in [-0.2, 0) is 20.9 Å². The lowest BCUT2D eigenvalue weighted by Gasteiger charge is -2.29. The van der Waals surface area contributed by atoms with E-state index in [1.165, 1.54) is 19.8 Å². The van der Waals surface area contributed by atoms with Gasteiger partial charge in [-0.05, 0) is 71.1 Å². The lowest BCUT2D eigenvalue weighted by atomic mass is 9.98. The lowest BCUT2D eigenvalue weighted by molar-refractivity contribution is -0.127. The van der Waals surface area contributed by atoms with Crippen molar-refractivity contribution in [2.75, 3.05) is 20.6 Å². The van der Waals surface area contributed by atoms with Gasteiger partial charge in [-0.15, -0.1) is 0 Å². The summed E-state index contributed by atoms with van der Waals surface area (Å²) in [6.45, 7) is 18.4. The van der Waals surface area contributed by atoms with Crippen LogP contribution >= 0.6 is 0 Å². The van der Waals surface area contributed by atoms with Crippen LogP contribution in [0, 0.1) is 11.8 Å². The number of aliphatic hydroxyl groups excluding tert-OH is 2. The van der Waals surface area contributed by atoms with E-state index < -0.39 is 12.1 Å². The summed E-state index contributed by atoms with van der Waals surface area (Å²) in [5, 5.41) is 34.4. The van der Waals surface area contributed by atoms with E-state index in [9.17, 15) is 19.5 Å². The molecule has 1 aliphatic rings. The van der Waals surface area contributed by atoms with Gasteiger partial charge in [-0.1, -0.05) is 77.1 Å². The van der Waals surface area contributed by atoms with Crippen LogP contribution in [0.3, 0.4) is 0 Å². The molecule has 46 heavy (non-hydrogen) atoms. The molecule has 0 aromatic heterocycles. The molecule has 4 atom stereocenters. The topological polar surface area (TPSA) is 152 Å². The number of nitrogens with one attached hydrogen (secondary N) is 5. The van der Waals surface area contributed by atoms with E-state index in [-0.39, 0.29) is 47.8 Å². The van der Waals surface area contributed by atoms with Crippen molar-refractivity contribution in [3.63, 3.8) is 0 Å². The van der Waals surface area contributed by atoms with Gasteiger partial charge in [-0.25, -0.2) is 0 Å². The van der Waals surface area contributed by atoms with Gasteiger partial charge in [0.2, 0.25) is 11.8 Å². The van der Waals surface area contributed by atoms with Crippen molar-refractivity contribution in [1.82, 2.24) is 26.6 Å². The fourth-order valence-corrected chi connectivity index (χ4v) is 3.97. The predicted molar refractivity (Wildman–Crippen MR) is 188 cm³/mol. The van der Waals surface area contributed by atoms with Gasteiger partial charge in [0.25, 0.3) is 0 Å². The highest BCUT2D eigenvalue weighted by Gasteiger charge is 2.24. The van der Waals surface area contributed by atoms with E-state index in [4.69, 9.17) is 5.11 Å². The van der Waals surface area contributed by atoms with Crippen LogP contribution in [0.1, 0.15) is 91.5 Å². The van der Waals surface area contributed by atoms with Crippen molar-refractivity contribution in [3.8, 4) is 0 Å². The number of aliphatic hydroxyl groups is 2. The van der Waals surface area contributed by atoms with Gasteiger partial charge in [0.15, 0.2) is 5.78 Å². The minimum atomic E-state index is -0.776. The molecule has 262 valence electrons. The molecule has 0 radical (unpaired) electrons. The highest BCUT2D eigenvalue weighted by atomic mass is 16.3. The van der Waals surface area contributed by atoms with Crippen molar-refractivity contribution in [3.05, 3.63) is 60.5 Å².